The van der Waals surface area contributed by atoms with E-state index in [1.54, 1.807) is 36.4 Å². The zero-order chi connectivity index (χ0) is 40.9. The molecule has 306 valence electrons. The van der Waals surface area contributed by atoms with Crippen LogP contribution in [0, 0.1) is 0 Å². The van der Waals surface area contributed by atoms with Crippen LogP contribution in [0.1, 0.15) is 89.4 Å². The topological polar surface area (TPSA) is 213 Å². The van der Waals surface area contributed by atoms with Crippen LogP contribution < -0.4 is 27.0 Å². The van der Waals surface area contributed by atoms with Crippen molar-refractivity contribution in [1.82, 2.24) is 30.4 Å². The van der Waals surface area contributed by atoms with E-state index in [1.807, 2.05) is 0 Å². The lowest BCUT2D eigenvalue weighted by molar-refractivity contribution is -0.126. The zero-order valence-electron chi connectivity index (χ0n) is 32.9. The van der Waals surface area contributed by atoms with Crippen molar-refractivity contribution in [2.75, 3.05) is 63.0 Å². The van der Waals surface area contributed by atoms with Crippen molar-refractivity contribution in [2.45, 2.75) is 64.3 Å². The molecule has 1 atom stereocenters. The Morgan fingerprint density at radius 3 is 1.78 bits per heavy atom. The van der Waals surface area contributed by atoms with Gasteiger partial charge in [0.05, 0.1) is 16.7 Å². The number of carbonyl (C=O) groups is 5. The molecule has 6 N–H and O–H groups in total. The van der Waals surface area contributed by atoms with Crippen LogP contribution in [0.4, 0.5) is 17.1 Å². The van der Waals surface area contributed by atoms with Gasteiger partial charge in [0.2, 0.25) is 6.04 Å². The van der Waals surface area contributed by atoms with Crippen molar-refractivity contribution in [3.63, 3.8) is 0 Å². The number of nitrogens with one attached hydrogen (secondary N) is 6. The number of amides is 4. The quantitative estimate of drug-likeness (QED) is 0.0485. The Morgan fingerprint density at radius 1 is 0.638 bits per heavy atom. The minimum atomic E-state index is -1.44. The highest BCUT2D eigenvalue weighted by atomic mass is 16.2. The number of carbonyl (C=O) groups excluding carboxylic acids is 5. The molecule has 16 heteroatoms. The highest BCUT2D eigenvalue weighted by molar-refractivity contribution is 6.10. The number of imidazole rings is 1. The van der Waals surface area contributed by atoms with Gasteiger partial charge < -0.3 is 41.0 Å². The van der Waals surface area contributed by atoms with Crippen molar-refractivity contribution in [1.29, 1.82) is 0 Å². The molecule has 0 saturated carbocycles. The van der Waals surface area contributed by atoms with E-state index in [4.69, 9.17) is 0 Å². The number of ketones is 1. The van der Waals surface area contributed by atoms with Crippen LogP contribution in [0.15, 0.2) is 75.7 Å². The van der Waals surface area contributed by atoms with Crippen LogP contribution in [0.2, 0.25) is 0 Å². The lowest BCUT2D eigenvalue weighted by Gasteiger charge is -2.26. The number of Topliss-reactive ketones (excluding diaryl/α,β-unsaturated/α-hetero) is 1. The Bertz CT molecular complexity index is 2110. The minimum absolute atomic E-state index is 0.258. The summed E-state index contributed by atoms with van der Waals surface area (Å²) in [5.41, 5.74) is 2.37. The van der Waals surface area contributed by atoms with E-state index in [-0.39, 0.29) is 39.9 Å². The number of aromatic amines is 2. The predicted molar refractivity (Wildman–Crippen MR) is 222 cm³/mol. The van der Waals surface area contributed by atoms with Gasteiger partial charge in [-0.1, -0.05) is 12.8 Å². The Labute approximate surface area is 336 Å². The molecule has 0 bridgehead atoms. The molecule has 2 fully saturated rings. The number of benzene rings is 3. The summed E-state index contributed by atoms with van der Waals surface area (Å²) >= 11 is 0. The van der Waals surface area contributed by atoms with Gasteiger partial charge >= 0.3 is 5.69 Å². The Balaban J connectivity index is 1.08. The third-order valence-electron chi connectivity index (χ3n) is 10.3. The van der Waals surface area contributed by atoms with E-state index in [9.17, 15) is 28.8 Å². The average molecular weight is 793 g/mol. The molecule has 0 spiro atoms. The predicted octanol–water partition coefficient (Wildman–Crippen LogP) is 5.00. The van der Waals surface area contributed by atoms with Gasteiger partial charge in [-0.3, -0.25) is 24.0 Å². The highest BCUT2D eigenvalue weighted by Gasteiger charge is 2.24. The van der Waals surface area contributed by atoms with E-state index in [2.05, 4.69) is 51.3 Å². The lowest BCUT2D eigenvalue weighted by Crippen LogP contribution is -2.34. The summed E-state index contributed by atoms with van der Waals surface area (Å²) < 4.78 is 0. The van der Waals surface area contributed by atoms with Crippen LogP contribution >= 0.6 is 0 Å². The number of aromatic nitrogens is 2. The third-order valence-corrected chi connectivity index (χ3v) is 10.3. The fraction of sp³-hybridized carbons (Fsp3) is 0.429. The Morgan fingerprint density at radius 2 is 1.21 bits per heavy atom. The molecule has 1 aromatic heterocycles. The maximum Gasteiger partial charge on any atom is 0.323 e. The molecule has 2 saturated heterocycles. The van der Waals surface area contributed by atoms with Gasteiger partial charge in [-0.2, -0.15) is 10.2 Å². The van der Waals surface area contributed by atoms with E-state index in [0.717, 1.165) is 52.1 Å². The Hall–Kier alpha value is -6.00. The van der Waals surface area contributed by atoms with Crippen molar-refractivity contribution < 1.29 is 24.0 Å². The first-order chi connectivity index (χ1) is 28.1. The average Bonchev–Trinajstić information content (AvgIpc) is 3.61. The summed E-state index contributed by atoms with van der Waals surface area (Å²) in [5, 5.41) is 19.4. The van der Waals surface area contributed by atoms with Crippen molar-refractivity contribution in [3.8, 4) is 0 Å². The number of hydrogen-bond donors (Lipinski definition) is 6. The van der Waals surface area contributed by atoms with E-state index in [0.29, 0.717) is 35.5 Å². The molecule has 16 nitrogen and oxygen atoms in total. The van der Waals surface area contributed by atoms with Crippen LogP contribution in [0.25, 0.3) is 11.0 Å². The van der Waals surface area contributed by atoms with E-state index >= 15 is 0 Å². The maximum atomic E-state index is 13.4. The number of likely N-dealkylation sites (tertiary alicyclic amines) is 2. The molecule has 6 rings (SSSR count). The van der Waals surface area contributed by atoms with Gasteiger partial charge in [0.25, 0.3) is 23.6 Å². The highest BCUT2D eigenvalue weighted by Crippen LogP contribution is 2.21. The summed E-state index contributed by atoms with van der Waals surface area (Å²) in [5.74, 6) is -2.40. The number of H-pyrrole nitrogens is 2. The number of fused-ring (bicyclic) bond motifs is 1. The number of hydrogen-bond acceptors (Lipinski definition) is 10. The fourth-order valence-corrected chi connectivity index (χ4v) is 7.19. The molecule has 0 aliphatic carbocycles. The van der Waals surface area contributed by atoms with Gasteiger partial charge in [-0.15, -0.1) is 0 Å². The molecule has 58 heavy (non-hydrogen) atoms. The smallest absolute Gasteiger partial charge is 0.323 e. The van der Waals surface area contributed by atoms with Crippen LogP contribution in [-0.2, 0) is 9.59 Å². The van der Waals surface area contributed by atoms with Crippen LogP contribution in [0.5, 0.6) is 0 Å². The van der Waals surface area contributed by atoms with E-state index < -0.39 is 23.6 Å². The fourth-order valence-electron chi connectivity index (χ4n) is 7.19. The van der Waals surface area contributed by atoms with Crippen LogP contribution in [0.3, 0.4) is 0 Å². The molecule has 4 amide bonds. The maximum absolute atomic E-state index is 13.4. The summed E-state index contributed by atoms with van der Waals surface area (Å²) in [6.45, 7) is 8.34. The molecule has 4 aromatic rings. The summed E-state index contributed by atoms with van der Waals surface area (Å²) in [6.07, 6.45) is 8.93. The van der Waals surface area contributed by atoms with Gasteiger partial charge in [-0.25, -0.2) is 4.79 Å². The first kappa shape index (κ1) is 41.6. The first-order valence-corrected chi connectivity index (χ1v) is 20.1. The third kappa shape index (κ3) is 12.0. The van der Waals surface area contributed by atoms with Gasteiger partial charge in [0, 0.05) is 41.2 Å². The molecule has 1 unspecified atom stereocenters. The number of anilines is 2. The molecular formula is C42H52N10O6. The second-order valence-corrected chi connectivity index (χ2v) is 14.9. The minimum Gasteiger partial charge on any atom is -0.352 e. The van der Waals surface area contributed by atoms with Crippen LogP contribution in [-0.4, -0.2) is 108 Å². The van der Waals surface area contributed by atoms with Crippen molar-refractivity contribution in [2.24, 2.45) is 10.2 Å². The zero-order valence-corrected chi connectivity index (χ0v) is 32.9. The number of rotatable bonds is 17. The van der Waals surface area contributed by atoms with Gasteiger partial charge in [-0.05, 0) is 145 Å². The van der Waals surface area contributed by atoms with Crippen molar-refractivity contribution >= 4 is 57.5 Å². The first-order valence-electron chi connectivity index (χ1n) is 20.1. The number of azo groups is 1. The molecule has 2 aliphatic heterocycles. The summed E-state index contributed by atoms with van der Waals surface area (Å²) in [7, 11) is 0. The molecule has 3 aromatic carbocycles. The largest absolute Gasteiger partial charge is 0.352 e. The van der Waals surface area contributed by atoms with Gasteiger partial charge in [0.15, 0.2) is 5.78 Å². The molecule has 0 radical (unpaired) electrons. The number of piperidine rings is 2. The lowest BCUT2D eigenvalue weighted by atomic mass is 10.1. The van der Waals surface area contributed by atoms with Crippen molar-refractivity contribution in [3.05, 3.63) is 87.8 Å². The van der Waals surface area contributed by atoms with E-state index in [1.165, 1.54) is 69.7 Å². The molecule has 3 heterocycles. The standard InChI is InChI=1S/C42H52N10O6/c1-28(53)37(41(57)45-33-14-15-35-36(27-33)48-42(58)47-35)50-49-32-12-10-29(11-13-32)40(56)46-34-25-30(38(54)43-16-8-22-51-18-4-2-5-19-51)24-31(26-34)39(55)44-17-9-23-52-20-6-3-7-21-52/h10-15,24-27,37H,2-9,16-23H2,1H3,(H,43,54)(H,44,55)(H,45,57)(H,46,56)(H2,47,48,58). The monoisotopic (exact) mass is 792 g/mol. The summed E-state index contributed by atoms with van der Waals surface area (Å²) in [6, 6.07) is 14.0. The van der Waals surface area contributed by atoms with Gasteiger partial charge in [0.1, 0.15) is 0 Å². The second-order valence-electron chi connectivity index (χ2n) is 14.9. The molecule has 2 aliphatic rings. The second kappa shape index (κ2) is 20.4. The SMILES string of the molecule is CC(=O)C(N=Nc1ccc(C(=O)Nc2cc(C(=O)NCCCN3CCCCC3)cc(C(=O)NCCCN3CCCCC3)c2)cc1)C(=O)Nc1ccc2[nH]c(=O)[nH]c2c1. The normalized spacial score (nSPS) is 15.5. The Kier molecular flexibility index (Phi) is 14.7. The molecular weight excluding hydrogens is 741 g/mol. The number of nitrogens with zero attached hydrogens (tertiary/aromatic N) is 4. The summed E-state index contributed by atoms with van der Waals surface area (Å²) in [4.78, 5) is 87.0.